The van der Waals surface area contributed by atoms with Gasteiger partial charge in [-0.3, -0.25) is 4.72 Å². The molecular weight excluding hydrogens is 287 g/mol. The first-order chi connectivity index (χ1) is 9.40. The van der Waals surface area contributed by atoms with Gasteiger partial charge in [0.05, 0.1) is 11.7 Å². The zero-order valence-electron chi connectivity index (χ0n) is 9.96. The molecule has 104 valence electrons. The number of aromatic carboxylic acids is 1. The van der Waals surface area contributed by atoms with Crippen LogP contribution in [0.1, 0.15) is 10.4 Å². The Bertz CT molecular complexity index is 747. The Morgan fingerprint density at radius 1 is 1.20 bits per heavy atom. The van der Waals surface area contributed by atoms with E-state index in [1.807, 2.05) is 0 Å². The van der Waals surface area contributed by atoms with E-state index in [1.165, 1.54) is 24.5 Å². The number of aromatic amines is 1. The molecule has 0 fully saturated rings. The number of hydrogen-bond acceptors (Lipinski definition) is 4. The van der Waals surface area contributed by atoms with Crippen molar-refractivity contribution in [1.29, 1.82) is 0 Å². The molecule has 8 heteroatoms. The molecule has 1 aromatic heterocycles. The molecule has 2 rings (SSSR count). The lowest BCUT2D eigenvalue weighted by molar-refractivity contribution is -0.377. The number of carbonyl (C=O) groups is 1. The van der Waals surface area contributed by atoms with Gasteiger partial charge in [-0.2, -0.15) is 0 Å². The van der Waals surface area contributed by atoms with E-state index in [0.29, 0.717) is 6.07 Å². The summed E-state index contributed by atoms with van der Waals surface area (Å²) >= 11 is 0. The van der Waals surface area contributed by atoms with Crippen LogP contribution in [0.25, 0.3) is 0 Å². The zero-order valence-corrected chi connectivity index (χ0v) is 10.8. The standard InChI is InChI=1S/C12H9FN2O4S/c13-10-2-1-8(12(16)17)7-11(10)20(18,19)15-9-3-5-14-6-4-9/h1-7H,(H,14,15)(H,16,17). The molecule has 0 saturated carbocycles. The van der Waals surface area contributed by atoms with Gasteiger partial charge in [0, 0.05) is 12.1 Å². The van der Waals surface area contributed by atoms with E-state index in [4.69, 9.17) is 0 Å². The molecule has 1 heterocycles. The summed E-state index contributed by atoms with van der Waals surface area (Å²) < 4.78 is 39.8. The lowest BCUT2D eigenvalue weighted by Gasteiger charge is -2.10. The number of nitrogens with one attached hydrogen (secondary N) is 2. The van der Waals surface area contributed by atoms with E-state index < -0.39 is 32.3 Å². The minimum absolute atomic E-state index is 0.210. The fourth-order valence-corrected chi connectivity index (χ4v) is 2.66. The smallest absolute Gasteiger partial charge is 0.264 e. The van der Waals surface area contributed by atoms with Crippen molar-refractivity contribution in [2.24, 2.45) is 0 Å². The van der Waals surface area contributed by atoms with E-state index in [0.717, 1.165) is 12.1 Å². The highest BCUT2D eigenvalue weighted by Crippen LogP contribution is 2.19. The molecule has 20 heavy (non-hydrogen) atoms. The van der Waals surface area contributed by atoms with Crippen LogP contribution in [-0.4, -0.2) is 14.4 Å². The Morgan fingerprint density at radius 3 is 2.45 bits per heavy atom. The highest BCUT2D eigenvalue weighted by molar-refractivity contribution is 7.92. The van der Waals surface area contributed by atoms with E-state index >= 15 is 0 Å². The Hall–Kier alpha value is -2.48. The second kappa shape index (κ2) is 5.25. The zero-order chi connectivity index (χ0) is 14.8. The number of halogens is 1. The molecule has 0 aliphatic rings. The van der Waals surface area contributed by atoms with E-state index in [-0.39, 0.29) is 5.69 Å². The van der Waals surface area contributed by atoms with Crippen molar-refractivity contribution < 1.29 is 27.7 Å². The van der Waals surface area contributed by atoms with Gasteiger partial charge in [0.25, 0.3) is 10.0 Å². The van der Waals surface area contributed by atoms with Crippen LogP contribution in [0.15, 0.2) is 47.6 Å². The number of sulfonamides is 1. The van der Waals surface area contributed by atoms with Crippen LogP contribution in [-0.2, 0) is 10.0 Å². The largest absolute Gasteiger partial charge is 0.545 e. The van der Waals surface area contributed by atoms with Gasteiger partial charge in [-0.25, -0.2) is 17.8 Å². The predicted molar refractivity (Wildman–Crippen MR) is 64.5 cm³/mol. The molecule has 2 aromatic rings. The Balaban J connectivity index is 2.44. The van der Waals surface area contributed by atoms with Crippen molar-refractivity contribution in [3.63, 3.8) is 0 Å². The summed E-state index contributed by atoms with van der Waals surface area (Å²) in [4.78, 5) is 12.6. The molecule has 0 bridgehead atoms. The molecule has 6 nitrogen and oxygen atoms in total. The molecule has 0 atom stereocenters. The lowest BCUT2D eigenvalue weighted by Crippen LogP contribution is -2.23. The second-order valence-electron chi connectivity index (χ2n) is 3.83. The summed E-state index contributed by atoms with van der Waals surface area (Å²) in [6.07, 6.45) is 2.96. The SMILES string of the molecule is O=C([O-])c1ccc(F)c(S(=O)(=O)Nc2cc[nH+]cc2)c1. The number of H-pyrrole nitrogens is 1. The van der Waals surface area contributed by atoms with E-state index in [9.17, 15) is 22.7 Å². The average molecular weight is 296 g/mol. The molecular formula is C12H9FN2O4S. The number of rotatable bonds is 4. The van der Waals surface area contributed by atoms with Gasteiger partial charge in [-0.15, -0.1) is 0 Å². The summed E-state index contributed by atoms with van der Waals surface area (Å²) in [6.45, 7) is 0. The minimum atomic E-state index is -4.23. The van der Waals surface area contributed by atoms with Gasteiger partial charge in [-0.05, 0) is 17.7 Å². The average Bonchev–Trinajstić information content (AvgIpc) is 2.39. The van der Waals surface area contributed by atoms with Crippen molar-refractivity contribution in [3.8, 4) is 0 Å². The maximum atomic E-state index is 13.6. The van der Waals surface area contributed by atoms with Gasteiger partial charge >= 0.3 is 0 Å². The number of hydrogen-bond donors (Lipinski definition) is 1. The Labute approximate surface area is 114 Å². The number of carbonyl (C=O) groups excluding carboxylic acids is 1. The second-order valence-corrected chi connectivity index (χ2v) is 5.48. The molecule has 0 spiro atoms. The van der Waals surface area contributed by atoms with E-state index in [1.54, 1.807) is 0 Å². The van der Waals surface area contributed by atoms with Gasteiger partial charge in [0.2, 0.25) is 0 Å². The maximum absolute atomic E-state index is 13.6. The molecule has 0 amide bonds. The lowest BCUT2D eigenvalue weighted by atomic mass is 10.2. The van der Waals surface area contributed by atoms with Gasteiger partial charge in [-0.1, -0.05) is 6.07 Å². The van der Waals surface area contributed by atoms with Crippen LogP contribution in [0, 0.1) is 5.82 Å². The van der Waals surface area contributed by atoms with Gasteiger partial charge < -0.3 is 9.90 Å². The van der Waals surface area contributed by atoms with Gasteiger partial charge in [0.1, 0.15) is 10.7 Å². The third-order valence-corrected chi connectivity index (χ3v) is 3.82. The fraction of sp³-hybridized carbons (Fsp3) is 0. The number of aromatic nitrogens is 1. The van der Waals surface area contributed by atoms with Crippen LogP contribution < -0.4 is 14.8 Å². The number of carboxylic acid groups (broad SMARTS) is 1. The fourth-order valence-electron chi connectivity index (χ4n) is 1.50. The number of anilines is 1. The maximum Gasteiger partial charge on any atom is 0.264 e. The highest BCUT2D eigenvalue weighted by atomic mass is 32.2. The summed E-state index contributed by atoms with van der Waals surface area (Å²) in [5.41, 5.74) is -0.213. The number of pyridine rings is 1. The predicted octanol–water partition coefficient (Wildman–Crippen LogP) is -0.196. The van der Waals surface area contributed by atoms with Crippen LogP contribution in [0.4, 0.5) is 10.1 Å². The first-order valence-corrected chi connectivity index (χ1v) is 6.88. The molecule has 2 N–H and O–H groups in total. The number of carboxylic acids is 1. The Kier molecular flexibility index (Phi) is 3.66. The number of benzene rings is 1. The van der Waals surface area contributed by atoms with E-state index in [2.05, 4.69) is 9.71 Å². The third-order valence-electron chi connectivity index (χ3n) is 2.43. The van der Waals surface area contributed by atoms with Crippen molar-refractivity contribution in [2.45, 2.75) is 4.90 Å². The monoisotopic (exact) mass is 296 g/mol. The molecule has 0 unspecified atom stereocenters. The summed E-state index contributed by atoms with van der Waals surface area (Å²) in [7, 11) is -4.23. The molecule has 1 aromatic carbocycles. The first-order valence-electron chi connectivity index (χ1n) is 5.40. The van der Waals surface area contributed by atoms with Gasteiger partial charge in [0.15, 0.2) is 12.4 Å². The van der Waals surface area contributed by atoms with Crippen LogP contribution in [0.3, 0.4) is 0 Å². The first kappa shape index (κ1) is 13.9. The van der Waals surface area contributed by atoms with Crippen molar-refractivity contribution in [3.05, 3.63) is 54.1 Å². The Morgan fingerprint density at radius 2 is 1.85 bits per heavy atom. The van der Waals surface area contributed by atoms with Crippen LogP contribution in [0.2, 0.25) is 0 Å². The molecule has 0 radical (unpaired) electrons. The third kappa shape index (κ3) is 2.91. The molecule has 0 aliphatic heterocycles. The summed E-state index contributed by atoms with van der Waals surface area (Å²) in [6, 6.07) is 5.26. The summed E-state index contributed by atoms with van der Waals surface area (Å²) in [5.74, 6) is -2.64. The van der Waals surface area contributed by atoms with Crippen molar-refractivity contribution in [2.75, 3.05) is 4.72 Å². The normalized spacial score (nSPS) is 11.1. The van der Waals surface area contributed by atoms with Crippen molar-refractivity contribution in [1.82, 2.24) is 0 Å². The minimum Gasteiger partial charge on any atom is -0.545 e. The quantitative estimate of drug-likeness (QED) is 0.844. The van der Waals surface area contributed by atoms with Crippen LogP contribution >= 0.6 is 0 Å². The molecule has 0 saturated heterocycles. The van der Waals surface area contributed by atoms with Crippen molar-refractivity contribution >= 4 is 21.7 Å². The van der Waals surface area contributed by atoms with Crippen LogP contribution in [0.5, 0.6) is 0 Å². The molecule has 0 aliphatic carbocycles. The summed E-state index contributed by atoms with van der Waals surface area (Å²) in [5, 5.41) is 10.7. The highest BCUT2D eigenvalue weighted by Gasteiger charge is 2.20. The topological polar surface area (TPSA) is 100 Å².